The zero-order valence-corrected chi connectivity index (χ0v) is 9.74. The number of carbonyl (C=O) groups excluding carboxylic acids is 1. The molecular formula is C11H19N3O. The Morgan fingerprint density at radius 2 is 2.07 bits per heavy atom. The third kappa shape index (κ3) is 2.52. The molecule has 0 spiro atoms. The lowest BCUT2D eigenvalue weighted by Crippen LogP contribution is -2.38. The molecule has 1 atom stereocenters. The van der Waals surface area contributed by atoms with Crippen LogP contribution in [0.25, 0.3) is 0 Å². The summed E-state index contributed by atoms with van der Waals surface area (Å²) in [6.07, 6.45) is 1.63. The van der Waals surface area contributed by atoms with Crippen LogP contribution in [0.15, 0.2) is 12.3 Å². The molecule has 15 heavy (non-hydrogen) atoms. The molecule has 0 aromatic carbocycles. The van der Waals surface area contributed by atoms with Crippen LogP contribution in [-0.2, 0) is 0 Å². The summed E-state index contributed by atoms with van der Waals surface area (Å²) in [6, 6.07) is 1.87. The Morgan fingerprint density at radius 1 is 1.47 bits per heavy atom. The summed E-state index contributed by atoms with van der Waals surface area (Å²) in [5.41, 5.74) is 6.68. The van der Waals surface area contributed by atoms with E-state index in [9.17, 15) is 4.79 Å². The zero-order chi connectivity index (χ0) is 11.6. The maximum atomic E-state index is 11.9. The molecule has 0 aliphatic rings. The number of nitrogens with one attached hydrogen (secondary N) is 1. The minimum Gasteiger partial charge on any atom is -0.397 e. The van der Waals surface area contributed by atoms with Crippen molar-refractivity contribution >= 4 is 11.6 Å². The molecule has 1 aromatic rings. The second kappa shape index (κ2) is 4.38. The number of carbonyl (C=O) groups is 1. The molecule has 1 aromatic heterocycles. The van der Waals surface area contributed by atoms with Crippen molar-refractivity contribution in [3.8, 4) is 0 Å². The molecule has 4 heteroatoms. The second-order valence-electron chi connectivity index (χ2n) is 4.25. The van der Waals surface area contributed by atoms with Crippen LogP contribution < -0.4 is 5.73 Å². The first-order valence-corrected chi connectivity index (χ1v) is 5.14. The fourth-order valence-corrected chi connectivity index (χ4v) is 1.36. The summed E-state index contributed by atoms with van der Waals surface area (Å²) in [5, 5.41) is 0. The smallest absolute Gasteiger partial charge is 0.270 e. The van der Waals surface area contributed by atoms with Gasteiger partial charge in [0.05, 0.1) is 0 Å². The van der Waals surface area contributed by atoms with Crippen LogP contribution in [0.3, 0.4) is 0 Å². The van der Waals surface area contributed by atoms with Crippen molar-refractivity contribution in [3.63, 3.8) is 0 Å². The van der Waals surface area contributed by atoms with E-state index in [4.69, 9.17) is 5.73 Å². The first-order valence-electron chi connectivity index (χ1n) is 5.14. The first kappa shape index (κ1) is 11.6. The van der Waals surface area contributed by atoms with Gasteiger partial charge in [-0.3, -0.25) is 4.79 Å². The van der Waals surface area contributed by atoms with Crippen LogP contribution in [0.2, 0.25) is 0 Å². The molecule has 0 bridgehead atoms. The molecular weight excluding hydrogens is 190 g/mol. The maximum Gasteiger partial charge on any atom is 0.270 e. The van der Waals surface area contributed by atoms with Crippen LogP contribution in [0.5, 0.6) is 0 Å². The van der Waals surface area contributed by atoms with Crippen LogP contribution >= 0.6 is 0 Å². The topological polar surface area (TPSA) is 62.1 Å². The van der Waals surface area contributed by atoms with E-state index < -0.39 is 0 Å². The quantitative estimate of drug-likeness (QED) is 0.796. The van der Waals surface area contributed by atoms with Crippen LogP contribution in [0, 0.1) is 5.92 Å². The van der Waals surface area contributed by atoms with Crippen molar-refractivity contribution < 1.29 is 4.79 Å². The van der Waals surface area contributed by atoms with Crippen molar-refractivity contribution in [1.82, 2.24) is 9.88 Å². The SMILES string of the molecule is CC(C)C(C)N(C)C(=O)c1cc(N)c[nH]1. The summed E-state index contributed by atoms with van der Waals surface area (Å²) in [4.78, 5) is 16.5. The van der Waals surface area contributed by atoms with Crippen molar-refractivity contribution in [1.29, 1.82) is 0 Å². The summed E-state index contributed by atoms with van der Waals surface area (Å²) >= 11 is 0. The number of rotatable bonds is 3. The first-order chi connectivity index (χ1) is 6.93. The lowest BCUT2D eigenvalue weighted by molar-refractivity contribution is 0.0702. The lowest BCUT2D eigenvalue weighted by atomic mass is 10.1. The standard InChI is InChI=1S/C11H19N3O/c1-7(2)8(3)14(4)11(15)10-5-9(12)6-13-10/h5-8,13H,12H2,1-4H3. The summed E-state index contributed by atoms with van der Waals surface area (Å²) in [7, 11) is 1.81. The monoisotopic (exact) mass is 209 g/mol. The highest BCUT2D eigenvalue weighted by molar-refractivity contribution is 5.93. The normalized spacial score (nSPS) is 12.9. The van der Waals surface area contributed by atoms with Gasteiger partial charge < -0.3 is 15.6 Å². The number of hydrogen-bond acceptors (Lipinski definition) is 2. The van der Waals surface area contributed by atoms with E-state index in [0.717, 1.165) is 0 Å². The van der Waals surface area contributed by atoms with E-state index in [2.05, 4.69) is 18.8 Å². The minimum absolute atomic E-state index is 0.0205. The lowest BCUT2D eigenvalue weighted by Gasteiger charge is -2.27. The summed E-state index contributed by atoms with van der Waals surface area (Å²) in [5.74, 6) is 0.416. The number of nitrogen functional groups attached to an aromatic ring is 1. The highest BCUT2D eigenvalue weighted by Gasteiger charge is 2.20. The van der Waals surface area contributed by atoms with Crippen molar-refractivity contribution in [2.45, 2.75) is 26.8 Å². The number of H-pyrrole nitrogens is 1. The number of amides is 1. The van der Waals surface area contributed by atoms with E-state index >= 15 is 0 Å². The third-order valence-corrected chi connectivity index (χ3v) is 2.83. The number of anilines is 1. The van der Waals surface area contributed by atoms with Crippen molar-refractivity contribution in [3.05, 3.63) is 18.0 Å². The molecule has 0 saturated carbocycles. The van der Waals surface area contributed by atoms with Gasteiger partial charge in [-0.1, -0.05) is 13.8 Å². The second-order valence-corrected chi connectivity index (χ2v) is 4.25. The van der Waals surface area contributed by atoms with Gasteiger partial charge in [-0.25, -0.2) is 0 Å². The Labute approximate surface area is 90.5 Å². The molecule has 1 unspecified atom stereocenters. The number of nitrogens with zero attached hydrogens (tertiary/aromatic N) is 1. The molecule has 84 valence electrons. The summed E-state index contributed by atoms with van der Waals surface area (Å²) in [6.45, 7) is 6.23. The predicted molar refractivity (Wildman–Crippen MR) is 61.6 cm³/mol. The fourth-order valence-electron chi connectivity index (χ4n) is 1.36. The molecule has 1 rings (SSSR count). The molecule has 3 N–H and O–H groups in total. The molecule has 1 amide bonds. The Bertz CT molecular complexity index is 343. The van der Waals surface area contributed by atoms with Gasteiger partial charge in [0.1, 0.15) is 5.69 Å². The van der Waals surface area contributed by atoms with Crippen molar-refractivity contribution in [2.24, 2.45) is 5.92 Å². The van der Waals surface area contributed by atoms with Gasteiger partial charge in [0.15, 0.2) is 0 Å². The minimum atomic E-state index is -0.0205. The van der Waals surface area contributed by atoms with E-state index in [1.54, 1.807) is 17.2 Å². The Hall–Kier alpha value is -1.45. The van der Waals surface area contributed by atoms with Gasteiger partial charge in [-0.05, 0) is 18.9 Å². The molecule has 0 saturated heterocycles. The maximum absolute atomic E-state index is 11.9. The molecule has 0 radical (unpaired) electrons. The molecule has 1 heterocycles. The number of aromatic nitrogens is 1. The highest BCUT2D eigenvalue weighted by Crippen LogP contribution is 2.13. The molecule has 0 fully saturated rings. The van der Waals surface area contributed by atoms with Gasteiger partial charge in [-0.2, -0.15) is 0 Å². The Morgan fingerprint density at radius 3 is 2.47 bits per heavy atom. The number of hydrogen-bond donors (Lipinski definition) is 2. The predicted octanol–water partition coefficient (Wildman–Crippen LogP) is 1.71. The largest absolute Gasteiger partial charge is 0.397 e. The average Bonchev–Trinajstić information content (AvgIpc) is 2.61. The Balaban J connectivity index is 2.77. The third-order valence-electron chi connectivity index (χ3n) is 2.83. The fraction of sp³-hybridized carbons (Fsp3) is 0.545. The average molecular weight is 209 g/mol. The van der Waals surface area contributed by atoms with Gasteiger partial charge in [0.25, 0.3) is 5.91 Å². The van der Waals surface area contributed by atoms with Crippen molar-refractivity contribution in [2.75, 3.05) is 12.8 Å². The van der Waals surface area contributed by atoms with Gasteiger partial charge in [-0.15, -0.1) is 0 Å². The van der Waals surface area contributed by atoms with Crippen LogP contribution in [0.1, 0.15) is 31.3 Å². The van der Waals surface area contributed by atoms with Gasteiger partial charge in [0, 0.05) is 25.0 Å². The van der Waals surface area contributed by atoms with Gasteiger partial charge in [0.2, 0.25) is 0 Å². The van der Waals surface area contributed by atoms with Gasteiger partial charge >= 0.3 is 0 Å². The van der Waals surface area contributed by atoms with E-state index in [-0.39, 0.29) is 11.9 Å². The summed E-state index contributed by atoms with van der Waals surface area (Å²) < 4.78 is 0. The molecule has 0 aliphatic carbocycles. The highest BCUT2D eigenvalue weighted by atomic mass is 16.2. The molecule has 0 aliphatic heterocycles. The van der Waals surface area contributed by atoms with E-state index in [0.29, 0.717) is 17.3 Å². The zero-order valence-electron chi connectivity index (χ0n) is 9.74. The number of aromatic amines is 1. The molecule has 4 nitrogen and oxygen atoms in total. The number of nitrogens with two attached hydrogens (primary N) is 1. The van der Waals surface area contributed by atoms with Crippen LogP contribution in [0.4, 0.5) is 5.69 Å². The van der Waals surface area contributed by atoms with Crippen LogP contribution in [-0.4, -0.2) is 28.9 Å². The van der Waals surface area contributed by atoms with E-state index in [1.165, 1.54) is 0 Å². The van der Waals surface area contributed by atoms with E-state index in [1.807, 2.05) is 14.0 Å². The Kier molecular flexibility index (Phi) is 3.39.